The zero-order chi connectivity index (χ0) is 20.1. The summed E-state index contributed by atoms with van der Waals surface area (Å²) in [5.41, 5.74) is 0. The van der Waals surface area contributed by atoms with Crippen LogP contribution in [0.25, 0.3) is 0 Å². The van der Waals surface area contributed by atoms with E-state index in [1.807, 2.05) is 6.92 Å². The average Bonchev–Trinajstić information content (AvgIpc) is 2.69. The minimum absolute atomic E-state index is 0. The van der Waals surface area contributed by atoms with Crippen molar-refractivity contribution in [3.05, 3.63) is 0 Å². The van der Waals surface area contributed by atoms with E-state index in [1.54, 1.807) is 6.92 Å². The molecule has 160 valence electrons. The van der Waals surface area contributed by atoms with Crippen LogP contribution < -0.4 is 5.32 Å². The molecule has 0 aromatic heterocycles. The van der Waals surface area contributed by atoms with Crippen LogP contribution in [0.2, 0.25) is 0 Å². The maximum absolute atomic E-state index is 12.2. The predicted molar refractivity (Wildman–Crippen MR) is 111 cm³/mol. The summed E-state index contributed by atoms with van der Waals surface area (Å²) in [6, 6.07) is 0.244. The molecular weight excluding hydrogens is 342 g/mol. The van der Waals surface area contributed by atoms with Crippen LogP contribution in [-0.2, 0) is 14.3 Å². The number of hydrogen-bond donors (Lipinski definition) is 2. The third-order valence-corrected chi connectivity index (χ3v) is 5.83. The minimum Gasteiger partial charge on any atom is -0.397 e. The van der Waals surface area contributed by atoms with E-state index < -0.39 is 0 Å². The van der Waals surface area contributed by atoms with Gasteiger partial charge in [0.15, 0.2) is 0 Å². The molecule has 0 heterocycles. The zero-order valence-corrected chi connectivity index (χ0v) is 17.7. The molecular formula is C22H43NO4. The van der Waals surface area contributed by atoms with Gasteiger partial charge in [-0.2, -0.15) is 0 Å². The quantitative estimate of drug-likeness (QED) is 0.654. The monoisotopic (exact) mass is 385 g/mol. The molecule has 0 radical (unpaired) electrons. The van der Waals surface area contributed by atoms with Gasteiger partial charge in [0.25, 0.3) is 0 Å². The van der Waals surface area contributed by atoms with Gasteiger partial charge in [0, 0.05) is 32.3 Å². The minimum atomic E-state index is 0. The van der Waals surface area contributed by atoms with Crippen LogP contribution in [0.15, 0.2) is 0 Å². The maximum atomic E-state index is 12.2. The van der Waals surface area contributed by atoms with E-state index in [4.69, 9.17) is 9.84 Å². The van der Waals surface area contributed by atoms with E-state index in [0.717, 1.165) is 44.9 Å². The lowest BCUT2D eigenvalue weighted by Crippen LogP contribution is -2.39. The number of ketones is 1. The fourth-order valence-electron chi connectivity index (χ4n) is 3.98. The molecule has 27 heavy (non-hydrogen) atoms. The SMILES string of the molecule is CCC(C)C(=O)C1CCC(NC(=O)CCOC2CCCCC2)CC1.CCO.[HH]. The summed E-state index contributed by atoms with van der Waals surface area (Å²) >= 11 is 0. The molecule has 2 fully saturated rings. The molecule has 2 N–H and O–H groups in total. The summed E-state index contributed by atoms with van der Waals surface area (Å²) in [4.78, 5) is 24.3. The van der Waals surface area contributed by atoms with E-state index in [1.165, 1.54) is 19.3 Å². The summed E-state index contributed by atoms with van der Waals surface area (Å²) in [6.45, 7) is 6.57. The fraction of sp³-hybridized carbons (Fsp3) is 0.909. The van der Waals surface area contributed by atoms with Crippen LogP contribution in [0.1, 0.15) is 92.8 Å². The van der Waals surface area contributed by atoms with Crippen molar-refractivity contribution in [1.82, 2.24) is 5.32 Å². The molecule has 0 saturated heterocycles. The first-order chi connectivity index (χ1) is 13.0. The first-order valence-corrected chi connectivity index (χ1v) is 11.1. The molecule has 0 bridgehead atoms. The first-order valence-electron chi connectivity index (χ1n) is 11.1. The lowest BCUT2D eigenvalue weighted by Gasteiger charge is -2.29. The molecule has 5 nitrogen and oxygen atoms in total. The van der Waals surface area contributed by atoms with E-state index in [2.05, 4.69) is 12.2 Å². The van der Waals surface area contributed by atoms with Gasteiger partial charge in [-0.1, -0.05) is 33.1 Å². The molecule has 5 heteroatoms. The molecule has 1 atom stereocenters. The van der Waals surface area contributed by atoms with Gasteiger partial charge in [-0.3, -0.25) is 9.59 Å². The van der Waals surface area contributed by atoms with Crippen LogP contribution in [-0.4, -0.2) is 42.2 Å². The van der Waals surface area contributed by atoms with E-state index in [9.17, 15) is 9.59 Å². The van der Waals surface area contributed by atoms with Gasteiger partial charge in [-0.05, 0) is 51.9 Å². The summed E-state index contributed by atoms with van der Waals surface area (Å²) in [7, 11) is 0. The highest BCUT2D eigenvalue weighted by atomic mass is 16.5. The van der Waals surface area contributed by atoms with Gasteiger partial charge in [0.05, 0.1) is 12.7 Å². The average molecular weight is 386 g/mol. The first kappa shape index (κ1) is 24.1. The van der Waals surface area contributed by atoms with Crippen LogP contribution >= 0.6 is 0 Å². The summed E-state index contributed by atoms with van der Waals surface area (Å²) in [6.07, 6.45) is 11.6. The molecule has 2 rings (SSSR count). The molecule has 0 aromatic rings. The molecule has 0 aromatic carbocycles. The largest absolute Gasteiger partial charge is 0.397 e. The number of nitrogens with one attached hydrogen (secondary N) is 1. The van der Waals surface area contributed by atoms with Gasteiger partial charge >= 0.3 is 0 Å². The number of carbonyl (C=O) groups excluding carboxylic acids is 2. The van der Waals surface area contributed by atoms with Crippen molar-refractivity contribution in [1.29, 1.82) is 0 Å². The predicted octanol–water partition coefficient (Wildman–Crippen LogP) is 4.26. The maximum Gasteiger partial charge on any atom is 0.222 e. The normalized spacial score (nSPS) is 24.4. The third-order valence-electron chi connectivity index (χ3n) is 5.83. The Hall–Kier alpha value is -0.940. The second-order valence-corrected chi connectivity index (χ2v) is 8.02. The molecule has 2 aliphatic carbocycles. The number of rotatable bonds is 8. The standard InChI is InChI=1S/C20H35NO3.C2H6O.H2/c1-3-15(2)20(23)16-9-11-17(12-10-16)21-19(22)13-14-24-18-7-5-4-6-8-18;1-2-3;/h15-18H,3-14H2,1-2H3,(H,21,22);3H,2H2,1H3;1H. The number of Topliss-reactive ketones (excluding diaryl/α,β-unsaturated/α-hetero) is 1. The van der Waals surface area contributed by atoms with Crippen molar-refractivity contribution in [2.75, 3.05) is 13.2 Å². The zero-order valence-electron chi connectivity index (χ0n) is 17.7. The smallest absolute Gasteiger partial charge is 0.222 e. The highest BCUT2D eigenvalue weighted by Crippen LogP contribution is 2.28. The van der Waals surface area contributed by atoms with Gasteiger partial charge in [0.1, 0.15) is 5.78 Å². The summed E-state index contributed by atoms with van der Waals surface area (Å²) in [5.74, 6) is 0.909. The molecule has 1 amide bonds. The molecule has 0 spiro atoms. The third kappa shape index (κ3) is 9.70. The Balaban J connectivity index is 0.00000171. The van der Waals surface area contributed by atoms with Gasteiger partial charge in [-0.15, -0.1) is 0 Å². The van der Waals surface area contributed by atoms with Crippen molar-refractivity contribution in [2.24, 2.45) is 11.8 Å². The Bertz CT molecular complexity index is 419. The Morgan fingerprint density at radius 1 is 1.07 bits per heavy atom. The molecule has 0 aliphatic heterocycles. The molecule has 2 aliphatic rings. The Morgan fingerprint density at radius 3 is 2.22 bits per heavy atom. The number of aliphatic hydroxyl groups excluding tert-OH is 1. The Labute approximate surface area is 167 Å². The highest BCUT2D eigenvalue weighted by molar-refractivity contribution is 5.83. The summed E-state index contributed by atoms with van der Waals surface area (Å²) < 4.78 is 5.82. The fourth-order valence-corrected chi connectivity index (χ4v) is 3.98. The highest BCUT2D eigenvalue weighted by Gasteiger charge is 2.28. The molecule has 2 saturated carbocycles. The van der Waals surface area contributed by atoms with Crippen LogP contribution in [0.3, 0.4) is 0 Å². The lowest BCUT2D eigenvalue weighted by atomic mass is 9.79. The number of carbonyl (C=O) groups is 2. The topological polar surface area (TPSA) is 75.6 Å². The summed E-state index contributed by atoms with van der Waals surface area (Å²) in [5, 5.41) is 10.7. The second kappa shape index (κ2) is 14.1. The van der Waals surface area contributed by atoms with Crippen LogP contribution in [0.4, 0.5) is 0 Å². The van der Waals surface area contributed by atoms with Crippen molar-refractivity contribution >= 4 is 11.7 Å². The number of hydrogen-bond acceptors (Lipinski definition) is 4. The Morgan fingerprint density at radius 2 is 1.67 bits per heavy atom. The van der Waals surface area contributed by atoms with E-state index in [-0.39, 0.29) is 31.8 Å². The van der Waals surface area contributed by atoms with Gasteiger partial charge < -0.3 is 15.2 Å². The van der Waals surface area contributed by atoms with Crippen molar-refractivity contribution in [2.45, 2.75) is 104 Å². The van der Waals surface area contributed by atoms with Crippen molar-refractivity contribution in [3.8, 4) is 0 Å². The van der Waals surface area contributed by atoms with E-state index >= 15 is 0 Å². The van der Waals surface area contributed by atoms with Crippen LogP contribution in [0, 0.1) is 11.8 Å². The lowest BCUT2D eigenvalue weighted by molar-refractivity contribution is -0.127. The van der Waals surface area contributed by atoms with E-state index in [0.29, 0.717) is 24.9 Å². The number of ether oxygens (including phenoxy) is 1. The molecule has 1 unspecified atom stereocenters. The van der Waals surface area contributed by atoms with Crippen molar-refractivity contribution < 1.29 is 20.9 Å². The second-order valence-electron chi connectivity index (χ2n) is 8.02. The van der Waals surface area contributed by atoms with Crippen molar-refractivity contribution in [3.63, 3.8) is 0 Å². The number of amides is 1. The van der Waals surface area contributed by atoms with Gasteiger partial charge in [-0.25, -0.2) is 0 Å². The number of aliphatic hydroxyl groups is 1. The van der Waals surface area contributed by atoms with Gasteiger partial charge in [0.2, 0.25) is 5.91 Å². The van der Waals surface area contributed by atoms with Crippen LogP contribution in [0.5, 0.6) is 0 Å². The Kier molecular flexibility index (Phi) is 12.6.